The van der Waals surface area contributed by atoms with E-state index in [0.717, 1.165) is 26.9 Å². The number of fused-ring (bicyclic) bond motifs is 3. The highest BCUT2D eigenvalue weighted by molar-refractivity contribution is 9.10. The lowest BCUT2D eigenvalue weighted by Gasteiger charge is -2.25. The Kier molecular flexibility index (Phi) is 3.93. The molecule has 0 saturated carbocycles. The van der Waals surface area contributed by atoms with E-state index in [1.54, 1.807) is 15.6 Å². The first-order valence-corrected chi connectivity index (χ1v) is 8.47. The Morgan fingerprint density at radius 2 is 2.12 bits per heavy atom. The van der Waals surface area contributed by atoms with Crippen LogP contribution in [0.5, 0.6) is 0 Å². The van der Waals surface area contributed by atoms with Crippen LogP contribution in [-0.2, 0) is 24.3 Å². The third-order valence-corrected chi connectivity index (χ3v) is 4.46. The van der Waals surface area contributed by atoms with Gasteiger partial charge in [0, 0.05) is 30.9 Å². The Labute approximate surface area is 147 Å². The van der Waals surface area contributed by atoms with Crippen molar-refractivity contribution in [3.05, 3.63) is 64.0 Å². The highest BCUT2D eigenvalue weighted by Crippen LogP contribution is 2.23. The molecule has 1 amide bonds. The quantitative estimate of drug-likeness (QED) is 0.678. The first-order valence-electron chi connectivity index (χ1n) is 7.68. The minimum Gasteiger partial charge on any atom is -0.445 e. The van der Waals surface area contributed by atoms with Crippen molar-refractivity contribution in [3.8, 4) is 0 Å². The molecule has 0 N–H and O–H groups in total. The van der Waals surface area contributed by atoms with Gasteiger partial charge in [-0.3, -0.25) is 0 Å². The van der Waals surface area contributed by atoms with Crippen molar-refractivity contribution < 1.29 is 9.53 Å². The van der Waals surface area contributed by atoms with E-state index in [1.165, 1.54) is 0 Å². The molecule has 1 aromatic carbocycles. The molecular weight excluding hydrogens is 372 g/mol. The highest BCUT2D eigenvalue weighted by Gasteiger charge is 2.26. The first kappa shape index (κ1) is 15.1. The average molecular weight is 387 g/mol. The molecule has 3 aromatic rings. The molecule has 1 aliphatic heterocycles. The summed E-state index contributed by atoms with van der Waals surface area (Å²) in [6, 6.07) is 9.68. The number of aromatic nitrogens is 3. The van der Waals surface area contributed by atoms with Crippen LogP contribution in [0, 0.1) is 0 Å². The molecule has 7 heteroatoms. The van der Waals surface area contributed by atoms with Crippen LogP contribution in [0.1, 0.15) is 16.8 Å². The summed E-state index contributed by atoms with van der Waals surface area (Å²) >= 11 is 3.40. The molecule has 0 atom stereocenters. The van der Waals surface area contributed by atoms with Crippen molar-refractivity contribution in [2.75, 3.05) is 6.54 Å². The number of carbonyl (C=O) groups excluding carboxylic acids is 1. The standard InChI is InChI=1S/C17H15BrN4O2/c18-13-8-19-16-14-10-21(7-6-15(14)20-22(16)9-13)17(23)24-11-12-4-2-1-3-5-12/h1-5,8-9H,6-7,10-11H2. The molecule has 0 spiro atoms. The predicted molar refractivity (Wildman–Crippen MR) is 91.4 cm³/mol. The highest BCUT2D eigenvalue weighted by atomic mass is 79.9. The lowest BCUT2D eigenvalue weighted by atomic mass is 10.1. The molecule has 3 heterocycles. The average Bonchev–Trinajstić information content (AvgIpc) is 2.97. The van der Waals surface area contributed by atoms with Crippen molar-refractivity contribution in [1.82, 2.24) is 19.5 Å². The molecule has 1 aliphatic rings. The number of carbonyl (C=O) groups is 1. The fraction of sp³-hybridized carbons (Fsp3) is 0.235. The van der Waals surface area contributed by atoms with Crippen molar-refractivity contribution in [1.29, 1.82) is 0 Å². The zero-order valence-corrected chi connectivity index (χ0v) is 14.4. The van der Waals surface area contributed by atoms with Gasteiger partial charge >= 0.3 is 6.09 Å². The SMILES string of the molecule is O=C(OCc1ccccc1)N1CCc2nn3cc(Br)cnc3c2C1. The molecule has 0 radical (unpaired) electrons. The van der Waals surface area contributed by atoms with Gasteiger partial charge in [-0.25, -0.2) is 14.3 Å². The maximum Gasteiger partial charge on any atom is 0.410 e. The molecule has 0 bridgehead atoms. The number of hydrogen-bond donors (Lipinski definition) is 0. The second-order valence-electron chi connectivity index (χ2n) is 5.68. The van der Waals surface area contributed by atoms with E-state index in [1.807, 2.05) is 36.5 Å². The molecule has 2 aromatic heterocycles. The van der Waals surface area contributed by atoms with Crippen molar-refractivity contribution in [3.63, 3.8) is 0 Å². The van der Waals surface area contributed by atoms with Gasteiger partial charge in [0.25, 0.3) is 0 Å². The second kappa shape index (κ2) is 6.24. The minimum absolute atomic E-state index is 0.281. The molecular formula is C17H15BrN4O2. The van der Waals surface area contributed by atoms with Gasteiger partial charge in [-0.2, -0.15) is 5.10 Å². The summed E-state index contributed by atoms with van der Waals surface area (Å²) in [5, 5.41) is 4.55. The van der Waals surface area contributed by atoms with Crippen molar-refractivity contribution in [2.45, 2.75) is 19.6 Å². The number of rotatable bonds is 2. The summed E-state index contributed by atoms with van der Waals surface area (Å²) in [7, 11) is 0. The Morgan fingerprint density at radius 3 is 2.96 bits per heavy atom. The summed E-state index contributed by atoms with van der Waals surface area (Å²) in [4.78, 5) is 18.5. The number of halogens is 1. The largest absolute Gasteiger partial charge is 0.445 e. The number of hydrogen-bond acceptors (Lipinski definition) is 4. The number of ether oxygens (including phenoxy) is 1. The van der Waals surface area contributed by atoms with Crippen LogP contribution < -0.4 is 0 Å². The van der Waals surface area contributed by atoms with Crippen LogP contribution in [-0.4, -0.2) is 32.1 Å². The Morgan fingerprint density at radius 1 is 1.29 bits per heavy atom. The molecule has 6 nitrogen and oxygen atoms in total. The van der Waals surface area contributed by atoms with Crippen LogP contribution in [0.15, 0.2) is 47.2 Å². The Balaban J connectivity index is 1.49. The van der Waals surface area contributed by atoms with E-state index >= 15 is 0 Å². The van der Waals surface area contributed by atoms with Gasteiger partial charge in [-0.1, -0.05) is 30.3 Å². The van der Waals surface area contributed by atoms with E-state index in [0.29, 0.717) is 19.5 Å². The third kappa shape index (κ3) is 2.87. The van der Waals surface area contributed by atoms with Crippen molar-refractivity contribution >= 4 is 27.7 Å². The maximum atomic E-state index is 12.3. The lowest BCUT2D eigenvalue weighted by molar-refractivity contribution is 0.0919. The molecule has 4 rings (SSSR count). The molecule has 0 saturated heterocycles. The fourth-order valence-corrected chi connectivity index (χ4v) is 3.14. The first-order chi connectivity index (χ1) is 11.7. The van der Waals surface area contributed by atoms with E-state index in [2.05, 4.69) is 26.0 Å². The van der Waals surface area contributed by atoms with Gasteiger partial charge in [0.05, 0.1) is 16.7 Å². The number of benzene rings is 1. The summed E-state index contributed by atoms with van der Waals surface area (Å²) in [6.45, 7) is 1.36. The zero-order valence-electron chi connectivity index (χ0n) is 12.9. The van der Waals surface area contributed by atoms with Crippen LogP contribution in [0.25, 0.3) is 5.65 Å². The molecule has 0 aliphatic carbocycles. The zero-order chi connectivity index (χ0) is 16.5. The summed E-state index contributed by atoms with van der Waals surface area (Å²) < 4.78 is 8.05. The van der Waals surface area contributed by atoms with Gasteiger partial charge in [-0.15, -0.1) is 0 Å². The predicted octanol–water partition coefficient (Wildman–Crippen LogP) is 3.19. The van der Waals surface area contributed by atoms with Crippen LogP contribution in [0.3, 0.4) is 0 Å². The smallest absolute Gasteiger partial charge is 0.410 e. The number of amides is 1. The van der Waals surface area contributed by atoms with E-state index in [9.17, 15) is 4.79 Å². The molecule has 122 valence electrons. The molecule has 0 fully saturated rings. The van der Waals surface area contributed by atoms with Crippen LogP contribution in [0.4, 0.5) is 4.79 Å². The van der Waals surface area contributed by atoms with E-state index in [-0.39, 0.29) is 12.7 Å². The third-order valence-electron chi connectivity index (χ3n) is 4.05. The summed E-state index contributed by atoms with van der Waals surface area (Å²) in [5.41, 5.74) is 3.75. The summed E-state index contributed by atoms with van der Waals surface area (Å²) in [5.74, 6) is 0. The monoisotopic (exact) mass is 386 g/mol. The maximum absolute atomic E-state index is 12.3. The van der Waals surface area contributed by atoms with E-state index < -0.39 is 0 Å². The summed E-state index contributed by atoms with van der Waals surface area (Å²) in [6.07, 6.45) is 4.01. The Hall–Kier alpha value is -2.41. The normalized spacial score (nSPS) is 13.8. The van der Waals surface area contributed by atoms with Crippen molar-refractivity contribution in [2.24, 2.45) is 0 Å². The number of nitrogens with zero attached hydrogens (tertiary/aromatic N) is 4. The van der Waals surface area contributed by atoms with Gasteiger partial charge < -0.3 is 9.64 Å². The lowest BCUT2D eigenvalue weighted by Crippen LogP contribution is -2.36. The molecule has 24 heavy (non-hydrogen) atoms. The fourth-order valence-electron chi connectivity index (χ4n) is 2.85. The Bertz CT molecular complexity index is 894. The topological polar surface area (TPSA) is 59.7 Å². The van der Waals surface area contributed by atoms with E-state index in [4.69, 9.17) is 4.74 Å². The van der Waals surface area contributed by atoms with Gasteiger partial charge in [0.2, 0.25) is 0 Å². The van der Waals surface area contributed by atoms with Gasteiger partial charge in [0.1, 0.15) is 6.61 Å². The van der Waals surface area contributed by atoms with Gasteiger partial charge in [-0.05, 0) is 21.5 Å². The molecule has 0 unspecified atom stereocenters. The van der Waals surface area contributed by atoms with Crippen LogP contribution >= 0.6 is 15.9 Å². The second-order valence-corrected chi connectivity index (χ2v) is 6.59. The van der Waals surface area contributed by atoms with Gasteiger partial charge in [0.15, 0.2) is 5.65 Å². The minimum atomic E-state index is -0.305. The van der Waals surface area contributed by atoms with Crippen LogP contribution in [0.2, 0.25) is 0 Å².